The molecule has 0 aliphatic carbocycles. The van der Waals surface area contributed by atoms with Crippen molar-refractivity contribution in [3.8, 4) is 0 Å². The number of pyridine rings is 1. The van der Waals surface area contributed by atoms with Gasteiger partial charge in [0, 0.05) is 0 Å². The molecular weight excluding hydrogens is 278 g/mol. The van der Waals surface area contributed by atoms with Crippen LogP contribution in [0.5, 0.6) is 0 Å². The van der Waals surface area contributed by atoms with Crippen LogP contribution in [0.3, 0.4) is 0 Å². The molecule has 2 aromatic heterocycles. The van der Waals surface area contributed by atoms with E-state index in [0.717, 1.165) is 11.8 Å². The second-order valence-corrected chi connectivity index (χ2v) is 4.92. The number of nitrogen functional groups attached to an aromatic ring is 1. The zero-order valence-electron chi connectivity index (χ0n) is 10.1. The molecule has 2 heterocycles. The lowest BCUT2D eigenvalue weighted by Crippen LogP contribution is -2.02. The van der Waals surface area contributed by atoms with Gasteiger partial charge in [-0.05, 0) is 30.0 Å². The van der Waals surface area contributed by atoms with E-state index in [9.17, 15) is 4.79 Å². The lowest BCUT2D eigenvalue weighted by molar-refractivity contribution is 0.0692. The van der Waals surface area contributed by atoms with Crippen LogP contribution < -0.4 is 5.73 Å². The Balaban J connectivity index is 2.00. The van der Waals surface area contributed by atoms with Crippen molar-refractivity contribution in [1.29, 1.82) is 0 Å². The number of hydrogen-bond donors (Lipinski definition) is 2. The fourth-order valence-corrected chi connectivity index (χ4v) is 2.48. The van der Waals surface area contributed by atoms with Crippen molar-refractivity contribution in [2.45, 2.75) is 10.2 Å². The molecular formula is C13H9N3O3S. The largest absolute Gasteiger partial charge is 0.478 e. The summed E-state index contributed by atoms with van der Waals surface area (Å²) in [5.74, 6) is -1.09. The number of carboxylic acids is 1. The number of oxazole rings is 1. The first-order chi connectivity index (χ1) is 9.63. The lowest BCUT2D eigenvalue weighted by atomic mass is 10.3. The van der Waals surface area contributed by atoms with Gasteiger partial charge in [-0.15, -0.1) is 0 Å². The normalized spacial score (nSPS) is 10.8. The van der Waals surface area contributed by atoms with Crippen molar-refractivity contribution >= 4 is 34.5 Å². The summed E-state index contributed by atoms with van der Waals surface area (Å²) in [5, 5.41) is 9.78. The van der Waals surface area contributed by atoms with E-state index in [1.54, 1.807) is 6.07 Å². The number of aromatic nitrogens is 2. The standard InChI is InChI=1S/C13H9N3O3S/c14-7-5-8(12(17)18)11(15-6-7)20-13-16-9-3-1-2-4-10(9)19-13/h1-6H,14H2,(H,17,18). The summed E-state index contributed by atoms with van der Waals surface area (Å²) in [7, 11) is 0. The predicted molar refractivity (Wildman–Crippen MR) is 73.7 cm³/mol. The molecule has 0 radical (unpaired) electrons. The van der Waals surface area contributed by atoms with E-state index >= 15 is 0 Å². The van der Waals surface area contributed by atoms with Gasteiger partial charge in [0.1, 0.15) is 10.5 Å². The Labute approximate surface area is 117 Å². The molecule has 0 bridgehead atoms. The molecule has 6 nitrogen and oxygen atoms in total. The second-order valence-electron chi connectivity index (χ2n) is 3.98. The monoisotopic (exact) mass is 287 g/mol. The summed E-state index contributed by atoms with van der Waals surface area (Å²) >= 11 is 1.05. The topological polar surface area (TPSA) is 102 Å². The van der Waals surface area contributed by atoms with Crippen LogP contribution in [-0.2, 0) is 0 Å². The smallest absolute Gasteiger partial charge is 0.338 e. The van der Waals surface area contributed by atoms with E-state index in [0.29, 0.717) is 27.0 Å². The third-order valence-electron chi connectivity index (χ3n) is 2.56. The van der Waals surface area contributed by atoms with Crippen LogP contribution in [0.4, 0.5) is 5.69 Å². The Bertz CT molecular complexity index is 767. The summed E-state index contributed by atoms with van der Waals surface area (Å²) in [6.07, 6.45) is 1.40. The number of rotatable bonds is 3. The number of aromatic carboxylic acids is 1. The molecule has 1 aromatic carbocycles. The van der Waals surface area contributed by atoms with Crippen LogP contribution in [0.1, 0.15) is 10.4 Å². The van der Waals surface area contributed by atoms with E-state index in [-0.39, 0.29) is 5.56 Å². The number of hydrogen-bond acceptors (Lipinski definition) is 6. The lowest BCUT2D eigenvalue weighted by Gasteiger charge is -2.02. The molecule has 0 atom stereocenters. The maximum absolute atomic E-state index is 11.2. The molecule has 3 rings (SSSR count). The molecule has 0 aliphatic rings. The number of fused-ring (bicyclic) bond motifs is 1. The van der Waals surface area contributed by atoms with Crippen molar-refractivity contribution in [3.63, 3.8) is 0 Å². The fourth-order valence-electron chi connectivity index (χ4n) is 1.68. The third kappa shape index (κ3) is 2.30. The third-order valence-corrected chi connectivity index (χ3v) is 3.43. The summed E-state index contributed by atoms with van der Waals surface area (Å²) < 4.78 is 5.52. The minimum Gasteiger partial charge on any atom is -0.478 e. The number of benzene rings is 1. The minimum atomic E-state index is -1.09. The molecule has 0 amide bonds. The van der Waals surface area contributed by atoms with Crippen LogP contribution in [0.25, 0.3) is 11.1 Å². The van der Waals surface area contributed by atoms with E-state index < -0.39 is 5.97 Å². The molecule has 0 aliphatic heterocycles. The summed E-state index contributed by atoms with van der Waals surface area (Å²) in [5.41, 5.74) is 7.22. The highest BCUT2D eigenvalue weighted by Crippen LogP contribution is 2.31. The molecule has 7 heteroatoms. The first-order valence-corrected chi connectivity index (χ1v) is 6.47. The van der Waals surface area contributed by atoms with Gasteiger partial charge in [0.05, 0.1) is 17.4 Å². The number of carboxylic acid groups (broad SMARTS) is 1. The first-order valence-electron chi connectivity index (χ1n) is 5.66. The molecule has 0 unspecified atom stereocenters. The van der Waals surface area contributed by atoms with Crippen molar-refractivity contribution in [2.75, 3.05) is 5.73 Å². The average molecular weight is 287 g/mol. The van der Waals surface area contributed by atoms with Crippen LogP contribution in [0.2, 0.25) is 0 Å². The molecule has 0 saturated heterocycles. The van der Waals surface area contributed by atoms with Gasteiger partial charge < -0.3 is 15.3 Å². The van der Waals surface area contributed by atoms with Crippen LogP contribution in [-0.4, -0.2) is 21.0 Å². The van der Waals surface area contributed by atoms with E-state index in [1.807, 2.05) is 18.2 Å². The maximum atomic E-state index is 11.2. The van der Waals surface area contributed by atoms with Crippen LogP contribution >= 0.6 is 11.8 Å². The molecule has 0 spiro atoms. The molecule has 100 valence electrons. The second kappa shape index (κ2) is 4.86. The fraction of sp³-hybridized carbons (Fsp3) is 0. The summed E-state index contributed by atoms with van der Waals surface area (Å²) in [4.78, 5) is 19.5. The number of para-hydroxylation sites is 2. The minimum absolute atomic E-state index is 0.0252. The Morgan fingerprint density at radius 2 is 2.15 bits per heavy atom. The van der Waals surface area contributed by atoms with Gasteiger partial charge in [-0.2, -0.15) is 0 Å². The molecule has 0 saturated carbocycles. The highest BCUT2D eigenvalue weighted by atomic mass is 32.2. The number of nitrogens with two attached hydrogens (primary N) is 1. The molecule has 20 heavy (non-hydrogen) atoms. The van der Waals surface area contributed by atoms with Crippen LogP contribution in [0, 0.1) is 0 Å². The number of nitrogens with zero attached hydrogens (tertiary/aromatic N) is 2. The van der Waals surface area contributed by atoms with Gasteiger partial charge in [-0.25, -0.2) is 14.8 Å². The predicted octanol–water partition coefficient (Wildman–Crippen LogP) is 2.65. The van der Waals surface area contributed by atoms with Gasteiger partial charge in [-0.3, -0.25) is 0 Å². The summed E-state index contributed by atoms with van der Waals surface area (Å²) in [6, 6.07) is 8.66. The van der Waals surface area contributed by atoms with Crippen molar-refractivity contribution in [3.05, 3.63) is 42.1 Å². The van der Waals surface area contributed by atoms with Gasteiger partial charge in [0.15, 0.2) is 5.58 Å². The Kier molecular flexibility index (Phi) is 3.03. The number of anilines is 1. The van der Waals surface area contributed by atoms with E-state index in [4.69, 9.17) is 15.3 Å². The maximum Gasteiger partial charge on any atom is 0.338 e. The summed E-state index contributed by atoms with van der Waals surface area (Å²) in [6.45, 7) is 0. The molecule has 3 N–H and O–H groups in total. The zero-order valence-corrected chi connectivity index (χ0v) is 10.9. The zero-order chi connectivity index (χ0) is 14.1. The SMILES string of the molecule is Nc1cnc(Sc2nc3ccccc3o2)c(C(=O)O)c1. The van der Waals surface area contributed by atoms with Crippen LogP contribution in [0.15, 0.2) is 51.2 Å². The quantitative estimate of drug-likeness (QED) is 0.763. The van der Waals surface area contributed by atoms with Crippen molar-refractivity contribution < 1.29 is 14.3 Å². The highest BCUT2D eigenvalue weighted by molar-refractivity contribution is 7.99. The molecule has 0 fully saturated rings. The van der Waals surface area contributed by atoms with Gasteiger partial charge in [0.25, 0.3) is 5.22 Å². The Morgan fingerprint density at radius 3 is 2.90 bits per heavy atom. The van der Waals surface area contributed by atoms with E-state index in [2.05, 4.69) is 9.97 Å². The van der Waals surface area contributed by atoms with E-state index in [1.165, 1.54) is 12.3 Å². The number of carbonyl (C=O) groups is 1. The molecule has 3 aromatic rings. The highest BCUT2D eigenvalue weighted by Gasteiger charge is 2.16. The first kappa shape index (κ1) is 12.5. The Morgan fingerprint density at radius 1 is 1.35 bits per heavy atom. The van der Waals surface area contributed by atoms with Crippen molar-refractivity contribution in [1.82, 2.24) is 9.97 Å². The van der Waals surface area contributed by atoms with Gasteiger partial charge in [0.2, 0.25) is 0 Å². The van der Waals surface area contributed by atoms with Crippen molar-refractivity contribution in [2.24, 2.45) is 0 Å². The Hall–Kier alpha value is -2.54. The van der Waals surface area contributed by atoms with Gasteiger partial charge >= 0.3 is 5.97 Å². The average Bonchev–Trinajstić information content (AvgIpc) is 2.82. The van der Waals surface area contributed by atoms with Gasteiger partial charge in [-0.1, -0.05) is 12.1 Å².